The number of carbonyl (C=O) groups is 2. The lowest BCUT2D eigenvalue weighted by molar-refractivity contribution is -0.124. The van der Waals surface area contributed by atoms with Crippen LogP contribution in [0, 0.1) is 0 Å². The number of hydrogen-bond acceptors (Lipinski definition) is 4. The number of rotatable bonds is 4. The summed E-state index contributed by atoms with van der Waals surface area (Å²) in [7, 11) is 0. The summed E-state index contributed by atoms with van der Waals surface area (Å²) in [6, 6.07) is 6.33. The molecule has 0 aromatic heterocycles. The Morgan fingerprint density at radius 1 is 1.24 bits per heavy atom. The molecule has 0 bridgehead atoms. The van der Waals surface area contributed by atoms with Crippen LogP contribution in [0.4, 0.5) is 5.69 Å². The Balaban J connectivity index is 1.29. The molecule has 2 fully saturated rings. The number of benzene rings is 1. The van der Waals surface area contributed by atoms with E-state index in [0.717, 1.165) is 24.2 Å². The average Bonchev–Trinajstić information content (AvgIpc) is 3.03. The highest BCUT2D eigenvalue weighted by Gasteiger charge is 2.36. The van der Waals surface area contributed by atoms with Gasteiger partial charge in [0.15, 0.2) is 6.61 Å². The number of anilines is 1. The van der Waals surface area contributed by atoms with E-state index >= 15 is 0 Å². The van der Waals surface area contributed by atoms with Gasteiger partial charge in [-0.3, -0.25) is 14.5 Å². The standard InChI is InChI=1S/C19H25N3O3/c23-18-7-4-13-11-14(5-6-15(13)20-18)25-12-19(24)21-16-8-10-22-9-2-1-3-17(16)22/h5-6,11,16-17H,1-4,7-10,12H2,(H,20,23)(H,21,24)/t16-,17+/m0/s1. The third kappa shape index (κ3) is 3.63. The average molecular weight is 343 g/mol. The number of hydrogen-bond donors (Lipinski definition) is 2. The second-order valence-electron chi connectivity index (χ2n) is 7.22. The van der Waals surface area contributed by atoms with E-state index in [2.05, 4.69) is 15.5 Å². The fourth-order valence-electron chi connectivity index (χ4n) is 4.26. The Morgan fingerprint density at radius 3 is 3.08 bits per heavy atom. The first-order chi connectivity index (χ1) is 12.2. The topological polar surface area (TPSA) is 70.7 Å². The Hall–Kier alpha value is -2.08. The molecular weight excluding hydrogens is 318 g/mol. The Bertz CT molecular complexity index is 676. The summed E-state index contributed by atoms with van der Waals surface area (Å²) in [6.45, 7) is 2.29. The van der Waals surface area contributed by atoms with Crippen molar-refractivity contribution in [3.05, 3.63) is 23.8 Å². The summed E-state index contributed by atoms with van der Waals surface area (Å²) in [5.41, 5.74) is 1.91. The molecule has 2 atom stereocenters. The molecule has 6 nitrogen and oxygen atoms in total. The Morgan fingerprint density at radius 2 is 2.16 bits per heavy atom. The van der Waals surface area contributed by atoms with Crippen LogP contribution in [0.3, 0.4) is 0 Å². The zero-order valence-corrected chi connectivity index (χ0v) is 14.4. The quantitative estimate of drug-likeness (QED) is 0.873. The van der Waals surface area contributed by atoms with E-state index in [0.29, 0.717) is 24.6 Å². The van der Waals surface area contributed by atoms with Crippen LogP contribution in [0.1, 0.15) is 37.7 Å². The number of amides is 2. The summed E-state index contributed by atoms with van der Waals surface area (Å²) in [5.74, 6) is 0.674. The number of piperidine rings is 1. The van der Waals surface area contributed by atoms with Gasteiger partial charge >= 0.3 is 0 Å². The highest BCUT2D eigenvalue weighted by Crippen LogP contribution is 2.28. The van der Waals surface area contributed by atoms with Crippen LogP contribution < -0.4 is 15.4 Å². The third-order valence-electron chi connectivity index (χ3n) is 5.54. The van der Waals surface area contributed by atoms with E-state index in [1.54, 1.807) is 6.07 Å². The van der Waals surface area contributed by atoms with Crippen LogP contribution in [0.15, 0.2) is 18.2 Å². The molecule has 0 radical (unpaired) electrons. The van der Waals surface area contributed by atoms with Gasteiger partial charge in [-0.2, -0.15) is 0 Å². The molecule has 3 aliphatic rings. The van der Waals surface area contributed by atoms with Crippen molar-refractivity contribution in [2.75, 3.05) is 25.0 Å². The second-order valence-corrected chi connectivity index (χ2v) is 7.22. The molecule has 0 saturated carbocycles. The van der Waals surface area contributed by atoms with Gasteiger partial charge in [0.2, 0.25) is 5.91 Å². The first kappa shape index (κ1) is 16.4. The van der Waals surface area contributed by atoms with E-state index in [1.165, 1.54) is 25.8 Å². The predicted molar refractivity (Wildman–Crippen MR) is 94.6 cm³/mol. The molecular formula is C19H25N3O3. The van der Waals surface area contributed by atoms with Crippen LogP contribution in [-0.4, -0.2) is 48.5 Å². The van der Waals surface area contributed by atoms with Crippen LogP contribution in [0.5, 0.6) is 5.75 Å². The third-order valence-corrected chi connectivity index (χ3v) is 5.54. The van der Waals surface area contributed by atoms with Crippen molar-refractivity contribution in [1.29, 1.82) is 0 Å². The van der Waals surface area contributed by atoms with Crippen LogP contribution in [0.2, 0.25) is 0 Å². The second kappa shape index (κ2) is 7.04. The van der Waals surface area contributed by atoms with E-state index in [9.17, 15) is 9.59 Å². The van der Waals surface area contributed by atoms with Gasteiger partial charge in [0.1, 0.15) is 5.75 Å². The summed E-state index contributed by atoms with van der Waals surface area (Å²) in [4.78, 5) is 26.2. The fraction of sp³-hybridized carbons (Fsp3) is 0.579. The van der Waals surface area contributed by atoms with Crippen molar-refractivity contribution in [1.82, 2.24) is 10.2 Å². The van der Waals surface area contributed by atoms with Crippen LogP contribution in [-0.2, 0) is 16.0 Å². The van der Waals surface area contributed by atoms with Gasteiger partial charge in [0, 0.05) is 30.7 Å². The van der Waals surface area contributed by atoms with Crippen LogP contribution in [0.25, 0.3) is 0 Å². The highest BCUT2D eigenvalue weighted by molar-refractivity contribution is 5.94. The molecule has 6 heteroatoms. The SMILES string of the molecule is O=C1CCc2cc(OCC(=O)N[C@H]3CCN4CCCC[C@H]34)ccc2N1. The van der Waals surface area contributed by atoms with Gasteiger partial charge in [0.05, 0.1) is 0 Å². The van der Waals surface area contributed by atoms with E-state index in [4.69, 9.17) is 4.74 Å². The number of ether oxygens (including phenoxy) is 1. The lowest BCUT2D eigenvalue weighted by Crippen LogP contribution is -2.47. The molecule has 2 N–H and O–H groups in total. The summed E-state index contributed by atoms with van der Waals surface area (Å²) in [5, 5.41) is 6.00. The molecule has 2 saturated heterocycles. The molecule has 134 valence electrons. The largest absolute Gasteiger partial charge is 0.484 e. The maximum atomic E-state index is 12.3. The molecule has 1 aromatic carbocycles. The first-order valence-corrected chi connectivity index (χ1v) is 9.28. The normalized spacial score (nSPS) is 25.7. The van der Waals surface area contributed by atoms with Gasteiger partial charge < -0.3 is 15.4 Å². The maximum Gasteiger partial charge on any atom is 0.258 e. The minimum absolute atomic E-state index is 0.0361. The molecule has 3 aliphatic heterocycles. The summed E-state index contributed by atoms with van der Waals surface area (Å²) in [6.07, 6.45) is 5.96. The fourth-order valence-corrected chi connectivity index (χ4v) is 4.26. The van der Waals surface area contributed by atoms with Crippen molar-refractivity contribution in [2.24, 2.45) is 0 Å². The molecule has 25 heavy (non-hydrogen) atoms. The lowest BCUT2D eigenvalue weighted by atomic mass is 9.99. The summed E-state index contributed by atoms with van der Waals surface area (Å²) >= 11 is 0. The molecule has 1 aromatic rings. The van der Waals surface area contributed by atoms with Gasteiger partial charge in [-0.1, -0.05) is 6.42 Å². The van der Waals surface area contributed by atoms with Crippen molar-refractivity contribution >= 4 is 17.5 Å². The Labute approximate surface area is 147 Å². The van der Waals surface area contributed by atoms with Gasteiger partial charge in [-0.15, -0.1) is 0 Å². The lowest BCUT2D eigenvalue weighted by Gasteiger charge is -2.32. The van der Waals surface area contributed by atoms with Crippen molar-refractivity contribution < 1.29 is 14.3 Å². The first-order valence-electron chi connectivity index (χ1n) is 9.28. The van der Waals surface area contributed by atoms with Gasteiger partial charge in [-0.25, -0.2) is 0 Å². The summed E-state index contributed by atoms with van der Waals surface area (Å²) < 4.78 is 5.67. The number of nitrogens with one attached hydrogen (secondary N) is 2. The van der Waals surface area contributed by atoms with E-state index in [1.807, 2.05) is 12.1 Å². The number of fused-ring (bicyclic) bond motifs is 2. The molecule has 0 spiro atoms. The van der Waals surface area contributed by atoms with Gasteiger partial charge in [0.25, 0.3) is 5.91 Å². The van der Waals surface area contributed by atoms with E-state index < -0.39 is 0 Å². The zero-order chi connectivity index (χ0) is 17.2. The van der Waals surface area contributed by atoms with Gasteiger partial charge in [-0.05, 0) is 56.0 Å². The molecule has 0 aliphatic carbocycles. The van der Waals surface area contributed by atoms with Crippen molar-refractivity contribution in [3.8, 4) is 5.75 Å². The number of carbonyl (C=O) groups excluding carboxylic acids is 2. The maximum absolute atomic E-state index is 12.3. The monoisotopic (exact) mass is 343 g/mol. The van der Waals surface area contributed by atoms with Crippen molar-refractivity contribution in [2.45, 2.75) is 50.6 Å². The number of nitrogens with zero attached hydrogens (tertiary/aromatic N) is 1. The van der Waals surface area contributed by atoms with E-state index in [-0.39, 0.29) is 24.5 Å². The molecule has 4 rings (SSSR count). The highest BCUT2D eigenvalue weighted by atomic mass is 16.5. The Kier molecular flexibility index (Phi) is 4.61. The predicted octanol–water partition coefficient (Wildman–Crippen LogP) is 1.69. The molecule has 3 heterocycles. The smallest absolute Gasteiger partial charge is 0.258 e. The van der Waals surface area contributed by atoms with Crippen LogP contribution >= 0.6 is 0 Å². The zero-order valence-electron chi connectivity index (χ0n) is 14.4. The number of aryl methyl sites for hydroxylation is 1. The molecule has 0 unspecified atom stereocenters. The molecule has 2 amide bonds. The minimum Gasteiger partial charge on any atom is -0.484 e. The minimum atomic E-state index is -0.0524. The van der Waals surface area contributed by atoms with Crippen molar-refractivity contribution in [3.63, 3.8) is 0 Å².